The maximum atomic E-state index is 11.3. The van der Waals surface area contributed by atoms with Crippen LogP contribution in [0.15, 0.2) is 18.3 Å². The molecule has 1 unspecified atom stereocenters. The summed E-state index contributed by atoms with van der Waals surface area (Å²) in [5.74, 6) is 0.623. The molecule has 0 saturated carbocycles. The van der Waals surface area contributed by atoms with Gasteiger partial charge in [-0.3, -0.25) is 0 Å². The molecule has 2 rings (SSSR count). The van der Waals surface area contributed by atoms with Crippen LogP contribution in [0.1, 0.15) is 16.8 Å². The summed E-state index contributed by atoms with van der Waals surface area (Å²) >= 11 is 0. The van der Waals surface area contributed by atoms with E-state index in [0.29, 0.717) is 24.0 Å². The van der Waals surface area contributed by atoms with Crippen LogP contribution in [-0.2, 0) is 4.74 Å². The molecule has 1 atom stereocenters. The topological polar surface area (TPSA) is 60.5 Å². The Kier molecular flexibility index (Phi) is 3.93. The molecule has 0 bridgehead atoms. The average molecular weight is 236 g/mol. The zero-order chi connectivity index (χ0) is 12.1. The predicted molar refractivity (Wildman–Crippen MR) is 62.0 cm³/mol. The van der Waals surface area contributed by atoms with Crippen LogP contribution in [0.3, 0.4) is 0 Å². The van der Waals surface area contributed by atoms with Gasteiger partial charge in [0.2, 0.25) is 5.88 Å². The number of ether oxygens (including phenoxy) is 2. The lowest BCUT2D eigenvalue weighted by atomic mass is 10.1. The minimum absolute atomic E-state index is 0.375. The van der Waals surface area contributed by atoms with Crippen molar-refractivity contribution in [2.75, 3.05) is 26.8 Å². The second-order valence-corrected chi connectivity index (χ2v) is 4.04. The number of methoxy groups -OCH3 is 1. The lowest BCUT2D eigenvalue weighted by Gasteiger charge is -2.10. The Balaban J connectivity index is 1.93. The van der Waals surface area contributed by atoms with Crippen molar-refractivity contribution in [2.24, 2.45) is 5.92 Å². The predicted octanol–water partition coefficient (Wildman–Crippen LogP) is 0.856. The number of nitrogens with one attached hydrogen (secondary N) is 1. The molecule has 1 N–H and O–H groups in total. The summed E-state index contributed by atoms with van der Waals surface area (Å²) < 4.78 is 10.2. The zero-order valence-corrected chi connectivity index (χ0v) is 9.81. The average Bonchev–Trinajstić information content (AvgIpc) is 2.89. The molecule has 1 fully saturated rings. The number of nitrogens with zero attached hydrogens (tertiary/aromatic N) is 1. The fourth-order valence-electron chi connectivity index (χ4n) is 1.79. The van der Waals surface area contributed by atoms with Crippen LogP contribution in [0, 0.1) is 5.92 Å². The Morgan fingerprint density at radius 1 is 1.65 bits per heavy atom. The van der Waals surface area contributed by atoms with Crippen LogP contribution in [0.2, 0.25) is 0 Å². The summed E-state index contributed by atoms with van der Waals surface area (Å²) in [5, 5.41) is 3.27. The zero-order valence-electron chi connectivity index (χ0n) is 9.81. The number of carbonyl (C=O) groups excluding carboxylic acids is 1. The van der Waals surface area contributed by atoms with E-state index >= 15 is 0 Å². The molecule has 1 saturated heterocycles. The minimum Gasteiger partial charge on any atom is -0.477 e. The van der Waals surface area contributed by atoms with E-state index in [-0.39, 0.29) is 5.97 Å². The number of esters is 1. The highest BCUT2D eigenvalue weighted by Gasteiger charge is 2.15. The van der Waals surface area contributed by atoms with Crippen molar-refractivity contribution < 1.29 is 14.3 Å². The minimum atomic E-state index is -0.375. The lowest BCUT2D eigenvalue weighted by Crippen LogP contribution is -2.16. The van der Waals surface area contributed by atoms with Crippen LogP contribution < -0.4 is 10.1 Å². The molecule has 0 amide bonds. The van der Waals surface area contributed by atoms with Crippen molar-refractivity contribution in [2.45, 2.75) is 6.42 Å². The molecule has 5 heteroatoms. The van der Waals surface area contributed by atoms with Gasteiger partial charge in [-0.05, 0) is 19.0 Å². The number of pyridine rings is 1. The summed E-state index contributed by atoms with van der Waals surface area (Å²) in [4.78, 5) is 15.4. The summed E-state index contributed by atoms with van der Waals surface area (Å²) in [6.07, 6.45) is 2.67. The van der Waals surface area contributed by atoms with Gasteiger partial charge in [-0.25, -0.2) is 9.78 Å². The maximum absolute atomic E-state index is 11.3. The molecule has 0 radical (unpaired) electrons. The first-order valence-corrected chi connectivity index (χ1v) is 5.67. The van der Waals surface area contributed by atoms with Gasteiger partial charge < -0.3 is 14.8 Å². The van der Waals surface area contributed by atoms with E-state index in [1.165, 1.54) is 7.11 Å². The quantitative estimate of drug-likeness (QED) is 0.785. The monoisotopic (exact) mass is 236 g/mol. The van der Waals surface area contributed by atoms with E-state index in [9.17, 15) is 4.79 Å². The third kappa shape index (κ3) is 3.17. The molecular weight excluding hydrogens is 220 g/mol. The Hall–Kier alpha value is -1.62. The van der Waals surface area contributed by atoms with Gasteiger partial charge in [0.25, 0.3) is 0 Å². The first-order chi connectivity index (χ1) is 8.29. The van der Waals surface area contributed by atoms with Gasteiger partial charge in [-0.2, -0.15) is 0 Å². The van der Waals surface area contributed by atoms with Crippen LogP contribution >= 0.6 is 0 Å². The summed E-state index contributed by atoms with van der Waals surface area (Å²) in [5.41, 5.74) is 0.460. The van der Waals surface area contributed by atoms with E-state index in [1.807, 2.05) is 0 Å². The third-order valence-corrected chi connectivity index (χ3v) is 2.79. The molecule has 0 spiro atoms. The molecule has 92 valence electrons. The number of carbonyl (C=O) groups is 1. The highest BCUT2D eigenvalue weighted by atomic mass is 16.5. The van der Waals surface area contributed by atoms with E-state index in [1.54, 1.807) is 18.3 Å². The van der Waals surface area contributed by atoms with Crippen LogP contribution in [0.4, 0.5) is 0 Å². The Labute approximate surface area is 100 Å². The summed E-state index contributed by atoms with van der Waals surface area (Å²) in [7, 11) is 1.35. The van der Waals surface area contributed by atoms with Crippen molar-refractivity contribution in [3.8, 4) is 5.88 Å². The molecular formula is C12H16N2O3. The van der Waals surface area contributed by atoms with Gasteiger partial charge >= 0.3 is 5.97 Å². The van der Waals surface area contributed by atoms with Crippen molar-refractivity contribution in [1.29, 1.82) is 0 Å². The molecule has 1 aromatic rings. The Morgan fingerprint density at radius 3 is 3.24 bits per heavy atom. The second kappa shape index (κ2) is 5.63. The Morgan fingerprint density at radius 2 is 2.53 bits per heavy atom. The molecule has 1 aliphatic rings. The van der Waals surface area contributed by atoms with Crippen LogP contribution in [-0.4, -0.2) is 37.8 Å². The highest BCUT2D eigenvalue weighted by Crippen LogP contribution is 2.13. The number of hydrogen-bond donors (Lipinski definition) is 1. The van der Waals surface area contributed by atoms with Crippen molar-refractivity contribution in [3.63, 3.8) is 0 Å². The van der Waals surface area contributed by atoms with Gasteiger partial charge in [0.15, 0.2) is 0 Å². The third-order valence-electron chi connectivity index (χ3n) is 2.79. The molecule has 0 aromatic carbocycles. The van der Waals surface area contributed by atoms with Crippen LogP contribution in [0.25, 0.3) is 0 Å². The SMILES string of the molecule is COC(=O)c1ccnc(OCC2CCNC2)c1. The second-order valence-electron chi connectivity index (χ2n) is 4.04. The van der Waals surface area contributed by atoms with E-state index in [0.717, 1.165) is 19.5 Å². The first kappa shape index (κ1) is 11.9. The molecule has 17 heavy (non-hydrogen) atoms. The Bertz CT molecular complexity index is 389. The maximum Gasteiger partial charge on any atom is 0.338 e. The van der Waals surface area contributed by atoms with Gasteiger partial charge in [-0.15, -0.1) is 0 Å². The largest absolute Gasteiger partial charge is 0.477 e. The van der Waals surface area contributed by atoms with E-state index in [4.69, 9.17) is 4.74 Å². The molecule has 2 heterocycles. The van der Waals surface area contributed by atoms with Gasteiger partial charge in [0.05, 0.1) is 19.3 Å². The molecule has 1 aliphatic heterocycles. The summed E-state index contributed by atoms with van der Waals surface area (Å²) in [6, 6.07) is 3.21. The van der Waals surface area contributed by atoms with Gasteiger partial charge in [-0.1, -0.05) is 0 Å². The van der Waals surface area contributed by atoms with Crippen LogP contribution in [0.5, 0.6) is 5.88 Å². The highest BCUT2D eigenvalue weighted by molar-refractivity contribution is 5.89. The number of aromatic nitrogens is 1. The fourth-order valence-corrected chi connectivity index (χ4v) is 1.79. The van der Waals surface area contributed by atoms with Crippen molar-refractivity contribution in [3.05, 3.63) is 23.9 Å². The normalized spacial score (nSPS) is 19.0. The van der Waals surface area contributed by atoms with E-state index < -0.39 is 0 Å². The number of hydrogen-bond acceptors (Lipinski definition) is 5. The lowest BCUT2D eigenvalue weighted by molar-refractivity contribution is 0.0600. The van der Waals surface area contributed by atoms with E-state index in [2.05, 4.69) is 15.0 Å². The van der Waals surface area contributed by atoms with Gasteiger partial charge in [0, 0.05) is 24.7 Å². The first-order valence-electron chi connectivity index (χ1n) is 5.67. The fraction of sp³-hybridized carbons (Fsp3) is 0.500. The molecule has 1 aromatic heterocycles. The van der Waals surface area contributed by atoms with Crippen molar-refractivity contribution >= 4 is 5.97 Å². The van der Waals surface area contributed by atoms with Gasteiger partial charge in [0.1, 0.15) is 0 Å². The molecule has 5 nitrogen and oxygen atoms in total. The summed E-state index contributed by atoms with van der Waals surface area (Å²) in [6.45, 7) is 2.66. The van der Waals surface area contributed by atoms with Crippen molar-refractivity contribution in [1.82, 2.24) is 10.3 Å². The standard InChI is InChI=1S/C12H16N2O3/c1-16-12(15)10-3-5-14-11(6-10)17-8-9-2-4-13-7-9/h3,5-6,9,13H,2,4,7-8H2,1H3. The number of rotatable bonds is 4. The smallest absolute Gasteiger partial charge is 0.338 e. The molecule has 0 aliphatic carbocycles.